The summed E-state index contributed by atoms with van der Waals surface area (Å²) in [5, 5.41) is 11.2. The number of rotatable bonds is 2. The second kappa shape index (κ2) is 5.35. The fraction of sp³-hybridized carbons (Fsp3) is 0. The summed E-state index contributed by atoms with van der Waals surface area (Å²) < 4.78 is 0. The molecule has 0 radical (unpaired) electrons. The largest absolute Gasteiger partial charge is 0.508 e. The number of phenolic OH excluding ortho intramolecular Hbond substituents is 1. The highest BCUT2D eigenvalue weighted by atomic mass is 35.5. The average molecular weight is 282 g/mol. The summed E-state index contributed by atoms with van der Waals surface area (Å²) in [5.74, 6) is 0.255. The van der Waals surface area contributed by atoms with Crippen LogP contribution in [0.2, 0.25) is 5.02 Å². The van der Waals surface area contributed by atoms with E-state index in [0.29, 0.717) is 5.02 Å². The van der Waals surface area contributed by atoms with E-state index in [-0.39, 0.29) is 5.75 Å². The summed E-state index contributed by atoms with van der Waals surface area (Å²) in [6.45, 7) is 0. The molecule has 0 spiro atoms. The van der Waals surface area contributed by atoms with Crippen LogP contribution in [0.5, 0.6) is 5.75 Å². The van der Waals surface area contributed by atoms with E-state index in [2.05, 4.69) is 4.98 Å². The number of halogens is 1. The summed E-state index contributed by atoms with van der Waals surface area (Å²) in [4.78, 5) is 4.54. The lowest BCUT2D eigenvalue weighted by molar-refractivity contribution is 0.475. The zero-order valence-corrected chi connectivity index (χ0v) is 11.4. The van der Waals surface area contributed by atoms with Crippen LogP contribution in [-0.4, -0.2) is 10.1 Å². The van der Waals surface area contributed by atoms with Gasteiger partial charge in [0.05, 0.1) is 11.2 Å². The first kappa shape index (κ1) is 12.7. The van der Waals surface area contributed by atoms with Gasteiger partial charge in [0, 0.05) is 10.4 Å². The topological polar surface area (TPSA) is 33.1 Å². The van der Waals surface area contributed by atoms with Gasteiger partial charge in [-0.1, -0.05) is 41.9 Å². The number of hydrogen-bond donors (Lipinski definition) is 1. The molecule has 0 amide bonds. The van der Waals surface area contributed by atoms with Crippen molar-refractivity contribution in [1.29, 1.82) is 0 Å². The second-order valence-corrected chi connectivity index (χ2v) is 4.94. The molecule has 20 heavy (non-hydrogen) atoms. The van der Waals surface area contributed by atoms with Crippen molar-refractivity contribution in [3.8, 4) is 5.75 Å². The lowest BCUT2D eigenvalue weighted by Gasteiger charge is -2.00. The quantitative estimate of drug-likeness (QED) is 0.734. The SMILES string of the molecule is Oc1cccc(/C=C/c2ccc3ccc(Cl)cc3n2)c1. The van der Waals surface area contributed by atoms with E-state index >= 15 is 0 Å². The molecule has 0 saturated carbocycles. The third kappa shape index (κ3) is 2.81. The molecule has 3 rings (SSSR count). The molecule has 1 N–H and O–H groups in total. The van der Waals surface area contributed by atoms with Crippen LogP contribution in [-0.2, 0) is 0 Å². The number of nitrogens with zero attached hydrogens (tertiary/aromatic N) is 1. The summed E-state index contributed by atoms with van der Waals surface area (Å²) >= 11 is 5.98. The Morgan fingerprint density at radius 2 is 1.80 bits per heavy atom. The van der Waals surface area contributed by atoms with Crippen molar-refractivity contribution in [3.63, 3.8) is 0 Å². The Hall–Kier alpha value is -2.32. The zero-order chi connectivity index (χ0) is 13.9. The predicted octanol–water partition coefficient (Wildman–Crippen LogP) is 4.76. The molecule has 0 unspecified atom stereocenters. The molecule has 2 nitrogen and oxygen atoms in total. The van der Waals surface area contributed by atoms with Crippen LogP contribution in [0, 0.1) is 0 Å². The normalized spacial score (nSPS) is 11.2. The number of benzene rings is 2. The molecule has 0 aliphatic carbocycles. The zero-order valence-electron chi connectivity index (χ0n) is 10.6. The smallest absolute Gasteiger partial charge is 0.116 e. The predicted molar refractivity (Wildman–Crippen MR) is 83.8 cm³/mol. The molecule has 0 bridgehead atoms. The Morgan fingerprint density at radius 1 is 0.950 bits per heavy atom. The number of hydrogen-bond acceptors (Lipinski definition) is 2. The Kier molecular flexibility index (Phi) is 3.40. The van der Waals surface area contributed by atoms with Gasteiger partial charge in [0.2, 0.25) is 0 Å². The van der Waals surface area contributed by atoms with Crippen molar-refractivity contribution in [3.05, 3.63) is 70.9 Å². The van der Waals surface area contributed by atoms with E-state index in [4.69, 9.17) is 11.6 Å². The minimum Gasteiger partial charge on any atom is -0.508 e. The lowest BCUT2D eigenvalue weighted by Crippen LogP contribution is -1.83. The van der Waals surface area contributed by atoms with Crippen molar-refractivity contribution < 1.29 is 5.11 Å². The van der Waals surface area contributed by atoms with E-state index in [0.717, 1.165) is 22.2 Å². The van der Waals surface area contributed by atoms with Gasteiger partial charge in [-0.15, -0.1) is 0 Å². The highest BCUT2D eigenvalue weighted by Crippen LogP contribution is 2.19. The van der Waals surface area contributed by atoms with Gasteiger partial charge >= 0.3 is 0 Å². The summed E-state index contributed by atoms with van der Waals surface area (Å²) in [5.41, 5.74) is 2.65. The first-order chi connectivity index (χ1) is 9.70. The Labute approximate surface area is 122 Å². The molecule has 0 aliphatic rings. The molecular formula is C17H12ClNO. The summed E-state index contributed by atoms with van der Waals surface area (Å²) in [6, 6.07) is 16.7. The second-order valence-electron chi connectivity index (χ2n) is 4.50. The Morgan fingerprint density at radius 3 is 2.65 bits per heavy atom. The van der Waals surface area contributed by atoms with Gasteiger partial charge in [-0.3, -0.25) is 0 Å². The third-order valence-electron chi connectivity index (χ3n) is 2.99. The lowest BCUT2D eigenvalue weighted by atomic mass is 10.1. The van der Waals surface area contributed by atoms with E-state index in [1.54, 1.807) is 12.1 Å². The van der Waals surface area contributed by atoms with Gasteiger partial charge < -0.3 is 5.11 Å². The fourth-order valence-corrected chi connectivity index (χ4v) is 2.18. The first-order valence-corrected chi connectivity index (χ1v) is 6.62. The van der Waals surface area contributed by atoms with E-state index < -0.39 is 0 Å². The average Bonchev–Trinajstić information content (AvgIpc) is 2.45. The van der Waals surface area contributed by atoms with Crippen LogP contribution in [0.15, 0.2) is 54.6 Å². The number of aromatic hydroxyl groups is 1. The molecular weight excluding hydrogens is 270 g/mol. The van der Waals surface area contributed by atoms with Gasteiger partial charge in [0.25, 0.3) is 0 Å². The van der Waals surface area contributed by atoms with Crippen LogP contribution >= 0.6 is 11.6 Å². The Balaban J connectivity index is 1.94. The highest BCUT2D eigenvalue weighted by Gasteiger charge is 1.97. The van der Waals surface area contributed by atoms with Gasteiger partial charge in [-0.05, 0) is 42.0 Å². The van der Waals surface area contributed by atoms with E-state index in [9.17, 15) is 5.11 Å². The van der Waals surface area contributed by atoms with Gasteiger partial charge in [0.1, 0.15) is 5.75 Å². The van der Waals surface area contributed by atoms with Crippen LogP contribution in [0.3, 0.4) is 0 Å². The van der Waals surface area contributed by atoms with Crippen molar-refractivity contribution in [2.45, 2.75) is 0 Å². The number of pyridine rings is 1. The molecule has 3 aromatic rings. The molecule has 1 heterocycles. The molecule has 2 aromatic carbocycles. The molecule has 0 saturated heterocycles. The van der Waals surface area contributed by atoms with Crippen LogP contribution in [0.25, 0.3) is 23.1 Å². The first-order valence-electron chi connectivity index (χ1n) is 6.24. The maximum Gasteiger partial charge on any atom is 0.116 e. The van der Waals surface area contributed by atoms with Crippen molar-refractivity contribution in [2.24, 2.45) is 0 Å². The third-order valence-corrected chi connectivity index (χ3v) is 3.23. The Bertz CT molecular complexity index is 796. The summed E-state index contributed by atoms with van der Waals surface area (Å²) in [6.07, 6.45) is 3.83. The van der Waals surface area contributed by atoms with Crippen molar-refractivity contribution >= 4 is 34.7 Å². The number of phenols is 1. The molecule has 0 aliphatic heterocycles. The minimum absolute atomic E-state index is 0.255. The molecule has 0 atom stereocenters. The van der Waals surface area contributed by atoms with Crippen LogP contribution in [0.4, 0.5) is 0 Å². The van der Waals surface area contributed by atoms with Crippen molar-refractivity contribution in [1.82, 2.24) is 4.98 Å². The number of fused-ring (bicyclic) bond motifs is 1. The molecule has 3 heteroatoms. The monoisotopic (exact) mass is 281 g/mol. The van der Waals surface area contributed by atoms with Gasteiger partial charge in [-0.2, -0.15) is 0 Å². The van der Waals surface area contributed by atoms with Gasteiger partial charge in [0.15, 0.2) is 0 Å². The summed E-state index contributed by atoms with van der Waals surface area (Å²) in [7, 11) is 0. The number of aromatic nitrogens is 1. The molecule has 1 aromatic heterocycles. The minimum atomic E-state index is 0.255. The standard InChI is InChI=1S/C17H12ClNO/c18-14-7-5-13-6-9-15(19-17(13)11-14)8-4-12-2-1-3-16(20)10-12/h1-11,20H/b8-4+. The molecule has 0 fully saturated rings. The maximum atomic E-state index is 9.42. The van der Waals surface area contributed by atoms with Gasteiger partial charge in [-0.25, -0.2) is 4.98 Å². The fourth-order valence-electron chi connectivity index (χ4n) is 2.01. The maximum absolute atomic E-state index is 9.42. The highest BCUT2D eigenvalue weighted by molar-refractivity contribution is 6.31. The van der Waals surface area contributed by atoms with E-state index in [1.165, 1.54) is 0 Å². The molecule has 98 valence electrons. The van der Waals surface area contributed by atoms with Crippen LogP contribution in [0.1, 0.15) is 11.3 Å². The van der Waals surface area contributed by atoms with Crippen LogP contribution < -0.4 is 0 Å². The van der Waals surface area contributed by atoms with Crippen molar-refractivity contribution in [2.75, 3.05) is 0 Å². The van der Waals surface area contributed by atoms with E-state index in [1.807, 2.05) is 54.6 Å².